The number of hydrogen-bond donors (Lipinski definition) is 1. The maximum absolute atomic E-state index is 10.9. The van der Waals surface area contributed by atoms with Gasteiger partial charge in [0.1, 0.15) is 6.10 Å². The predicted molar refractivity (Wildman–Crippen MR) is 50.8 cm³/mol. The Kier molecular flexibility index (Phi) is 2.49. The van der Waals surface area contributed by atoms with Gasteiger partial charge in [-0.15, -0.1) is 0 Å². The van der Waals surface area contributed by atoms with Crippen molar-refractivity contribution in [3.8, 4) is 0 Å². The van der Waals surface area contributed by atoms with Crippen molar-refractivity contribution in [2.45, 2.75) is 50.5 Å². The first-order valence-electron chi connectivity index (χ1n) is 5.15. The number of carbonyl (C=O) groups is 1. The lowest BCUT2D eigenvalue weighted by Crippen LogP contribution is -2.44. The molecule has 80 valence electrons. The van der Waals surface area contributed by atoms with Crippen LogP contribution in [0.1, 0.15) is 26.2 Å². The highest BCUT2D eigenvalue weighted by atomic mass is 16.5. The summed E-state index contributed by atoms with van der Waals surface area (Å²) in [6.07, 6.45) is 2.18. The Bertz CT molecular complexity index is 244. The average Bonchev–Trinajstić information content (AvgIpc) is 2.30. The number of likely N-dealkylation sites (N-methyl/N-ethyl adjacent to an activating group) is 1. The van der Waals surface area contributed by atoms with Crippen LogP contribution in [0.5, 0.6) is 0 Å². The Morgan fingerprint density at radius 3 is 2.79 bits per heavy atom. The third kappa shape index (κ3) is 1.64. The summed E-state index contributed by atoms with van der Waals surface area (Å²) in [4.78, 5) is 13.1. The van der Waals surface area contributed by atoms with E-state index in [0.717, 1.165) is 19.3 Å². The van der Waals surface area contributed by atoms with E-state index >= 15 is 0 Å². The highest BCUT2D eigenvalue weighted by Crippen LogP contribution is 2.36. The molecule has 0 spiro atoms. The SMILES string of the molecule is CC(=O)O[C@H]1C[C@H]2C[C@H](O)C[C@H]1N2C. The third-order valence-electron chi connectivity index (χ3n) is 3.41. The molecule has 2 rings (SSSR count). The van der Waals surface area contributed by atoms with Gasteiger partial charge in [-0.25, -0.2) is 0 Å². The second-order valence-electron chi connectivity index (χ2n) is 4.40. The number of ether oxygens (including phenoxy) is 1. The Balaban J connectivity index is 2.05. The number of piperidine rings is 1. The van der Waals surface area contributed by atoms with Gasteiger partial charge in [0, 0.05) is 25.4 Å². The van der Waals surface area contributed by atoms with Crippen LogP contribution in [-0.4, -0.2) is 47.3 Å². The van der Waals surface area contributed by atoms with E-state index in [4.69, 9.17) is 4.74 Å². The minimum absolute atomic E-state index is 0.0142. The number of rotatable bonds is 1. The number of esters is 1. The Morgan fingerprint density at radius 2 is 2.14 bits per heavy atom. The number of carbonyl (C=O) groups excluding carboxylic acids is 1. The molecular weight excluding hydrogens is 182 g/mol. The summed E-state index contributed by atoms with van der Waals surface area (Å²) in [7, 11) is 2.05. The van der Waals surface area contributed by atoms with Crippen LogP contribution >= 0.6 is 0 Å². The van der Waals surface area contributed by atoms with Crippen LogP contribution in [0, 0.1) is 0 Å². The molecule has 0 aromatic heterocycles. The zero-order valence-corrected chi connectivity index (χ0v) is 8.64. The van der Waals surface area contributed by atoms with E-state index < -0.39 is 0 Å². The second kappa shape index (κ2) is 3.51. The molecule has 0 aliphatic carbocycles. The number of hydrogen-bond acceptors (Lipinski definition) is 4. The quantitative estimate of drug-likeness (QED) is 0.610. The highest BCUT2D eigenvalue weighted by Gasteiger charge is 2.45. The van der Waals surface area contributed by atoms with Gasteiger partial charge in [0.2, 0.25) is 0 Å². The van der Waals surface area contributed by atoms with Crippen molar-refractivity contribution in [1.29, 1.82) is 0 Å². The first-order chi connectivity index (χ1) is 6.58. The summed E-state index contributed by atoms with van der Waals surface area (Å²) in [5.74, 6) is -0.217. The number of aliphatic hydroxyl groups is 1. The highest BCUT2D eigenvalue weighted by molar-refractivity contribution is 5.66. The smallest absolute Gasteiger partial charge is 0.302 e. The molecule has 4 heteroatoms. The van der Waals surface area contributed by atoms with Gasteiger partial charge in [-0.05, 0) is 19.9 Å². The summed E-state index contributed by atoms with van der Waals surface area (Å²) < 4.78 is 5.25. The molecule has 0 radical (unpaired) electrons. The first-order valence-corrected chi connectivity index (χ1v) is 5.15. The van der Waals surface area contributed by atoms with Crippen molar-refractivity contribution in [2.75, 3.05) is 7.05 Å². The molecule has 1 N–H and O–H groups in total. The fourth-order valence-corrected chi connectivity index (χ4v) is 2.73. The van der Waals surface area contributed by atoms with Crippen LogP contribution < -0.4 is 0 Å². The minimum atomic E-state index is -0.221. The van der Waals surface area contributed by atoms with Gasteiger partial charge in [-0.3, -0.25) is 9.69 Å². The Morgan fingerprint density at radius 1 is 1.43 bits per heavy atom. The standard InChI is InChI=1S/C10H17NO3/c1-6(12)14-10-4-7-3-8(13)5-9(10)11(7)2/h7-10,13H,3-5H2,1-2H3/t7-,8+,9-,10+/m1/s1. The molecule has 2 heterocycles. The molecule has 0 unspecified atom stereocenters. The van der Waals surface area contributed by atoms with E-state index in [1.165, 1.54) is 6.92 Å². The second-order valence-corrected chi connectivity index (χ2v) is 4.40. The fraction of sp³-hybridized carbons (Fsp3) is 0.900. The van der Waals surface area contributed by atoms with Gasteiger partial charge in [0.05, 0.1) is 6.10 Å². The monoisotopic (exact) mass is 199 g/mol. The first kappa shape index (κ1) is 9.93. The van der Waals surface area contributed by atoms with E-state index in [2.05, 4.69) is 4.90 Å². The number of fused-ring (bicyclic) bond motifs is 2. The number of aliphatic hydroxyl groups excluding tert-OH is 1. The third-order valence-corrected chi connectivity index (χ3v) is 3.41. The van der Waals surface area contributed by atoms with Crippen molar-refractivity contribution in [1.82, 2.24) is 4.90 Å². The Hall–Kier alpha value is -0.610. The summed E-state index contributed by atoms with van der Waals surface area (Å²) in [5.41, 5.74) is 0. The zero-order chi connectivity index (χ0) is 10.3. The maximum Gasteiger partial charge on any atom is 0.302 e. The van der Waals surface area contributed by atoms with E-state index in [0.29, 0.717) is 6.04 Å². The van der Waals surface area contributed by atoms with Gasteiger partial charge in [-0.2, -0.15) is 0 Å². The van der Waals surface area contributed by atoms with Crippen LogP contribution in [0.3, 0.4) is 0 Å². The molecule has 2 bridgehead atoms. The van der Waals surface area contributed by atoms with Crippen molar-refractivity contribution in [3.05, 3.63) is 0 Å². The maximum atomic E-state index is 10.9. The molecular formula is C10H17NO3. The van der Waals surface area contributed by atoms with Crippen LogP contribution in [0.4, 0.5) is 0 Å². The van der Waals surface area contributed by atoms with Gasteiger partial charge >= 0.3 is 5.97 Å². The molecule has 0 saturated carbocycles. The molecule has 2 saturated heterocycles. The average molecular weight is 199 g/mol. The molecule has 4 nitrogen and oxygen atoms in total. The van der Waals surface area contributed by atoms with E-state index in [9.17, 15) is 9.90 Å². The topological polar surface area (TPSA) is 49.8 Å². The zero-order valence-electron chi connectivity index (χ0n) is 8.64. The predicted octanol–water partition coefficient (Wildman–Crippen LogP) is 0.145. The summed E-state index contributed by atoms with van der Waals surface area (Å²) in [6.45, 7) is 1.44. The summed E-state index contributed by atoms with van der Waals surface area (Å²) in [5, 5.41) is 9.59. The molecule has 0 aromatic rings. The summed E-state index contributed by atoms with van der Waals surface area (Å²) in [6, 6.07) is 0.598. The largest absolute Gasteiger partial charge is 0.461 e. The van der Waals surface area contributed by atoms with Gasteiger partial charge in [0.15, 0.2) is 0 Å². The van der Waals surface area contributed by atoms with Crippen LogP contribution in [0.2, 0.25) is 0 Å². The normalized spacial score (nSPS) is 42.5. The van der Waals surface area contributed by atoms with E-state index in [1.54, 1.807) is 0 Å². The molecule has 0 aromatic carbocycles. The molecule has 2 fully saturated rings. The van der Waals surface area contributed by atoms with Crippen molar-refractivity contribution >= 4 is 5.97 Å². The van der Waals surface area contributed by atoms with Crippen LogP contribution in [0.15, 0.2) is 0 Å². The van der Waals surface area contributed by atoms with Crippen molar-refractivity contribution in [2.24, 2.45) is 0 Å². The Labute approximate surface area is 83.8 Å². The van der Waals surface area contributed by atoms with Gasteiger partial charge in [0.25, 0.3) is 0 Å². The molecule has 0 amide bonds. The molecule has 2 aliphatic heterocycles. The minimum Gasteiger partial charge on any atom is -0.461 e. The van der Waals surface area contributed by atoms with Crippen molar-refractivity contribution < 1.29 is 14.6 Å². The lowest BCUT2D eigenvalue weighted by molar-refractivity contribution is -0.147. The van der Waals surface area contributed by atoms with E-state index in [-0.39, 0.29) is 24.2 Å². The van der Waals surface area contributed by atoms with Crippen LogP contribution in [0.25, 0.3) is 0 Å². The molecule has 14 heavy (non-hydrogen) atoms. The fourth-order valence-electron chi connectivity index (χ4n) is 2.73. The van der Waals surface area contributed by atoms with Gasteiger partial charge in [-0.1, -0.05) is 0 Å². The van der Waals surface area contributed by atoms with Gasteiger partial charge < -0.3 is 9.84 Å². The molecule has 2 aliphatic rings. The lowest BCUT2D eigenvalue weighted by atomic mass is 10.0. The van der Waals surface area contributed by atoms with Crippen LogP contribution in [-0.2, 0) is 9.53 Å². The number of nitrogens with zero attached hydrogens (tertiary/aromatic N) is 1. The lowest BCUT2D eigenvalue weighted by Gasteiger charge is -2.34. The van der Waals surface area contributed by atoms with E-state index in [1.807, 2.05) is 7.05 Å². The molecule has 4 atom stereocenters. The van der Waals surface area contributed by atoms with Crippen molar-refractivity contribution in [3.63, 3.8) is 0 Å². The summed E-state index contributed by atoms with van der Waals surface area (Å²) >= 11 is 0.